The minimum atomic E-state index is -1.27. The average Bonchev–Trinajstić information content (AvgIpc) is 2.81. The molecule has 2 aliphatic rings. The molecular weight excluding hydrogens is 564 g/mol. The molecule has 1 aliphatic carbocycles. The molecule has 1 aliphatic heterocycles. The smallest absolute Gasteiger partial charge is 0.311 e. The van der Waals surface area contributed by atoms with Crippen LogP contribution in [0, 0.1) is 22.7 Å². The lowest BCUT2D eigenvalue weighted by molar-refractivity contribution is -0.144. The number of halogens is 1. The highest BCUT2D eigenvalue weighted by Crippen LogP contribution is 2.57. The van der Waals surface area contributed by atoms with Gasteiger partial charge in [0.1, 0.15) is 28.6 Å². The van der Waals surface area contributed by atoms with Gasteiger partial charge in [-0.15, -0.1) is 0 Å². The first kappa shape index (κ1) is 31.1. The van der Waals surface area contributed by atoms with Gasteiger partial charge in [-0.25, -0.2) is 0 Å². The van der Waals surface area contributed by atoms with Crippen molar-refractivity contribution in [3.63, 3.8) is 0 Å². The van der Waals surface area contributed by atoms with Crippen LogP contribution < -0.4 is 9.47 Å². The molecule has 0 saturated heterocycles. The first-order chi connectivity index (χ1) is 18.0. The number of Topliss-reactive ketones (excluding diaryl/α,β-unsaturated/α-hetero) is 3. The van der Waals surface area contributed by atoms with Crippen molar-refractivity contribution >= 4 is 39.2 Å². The number of esters is 1. The molecule has 0 amide bonds. The molecule has 0 radical (unpaired) electrons. The molecule has 1 atom stereocenters. The van der Waals surface area contributed by atoms with Crippen LogP contribution in [0.3, 0.4) is 0 Å². The second-order valence-electron chi connectivity index (χ2n) is 12.6. The third-order valence-electron chi connectivity index (χ3n) is 7.50. The maximum Gasteiger partial charge on any atom is 0.311 e. The van der Waals surface area contributed by atoms with Crippen molar-refractivity contribution in [2.75, 3.05) is 5.33 Å². The molecule has 0 spiro atoms. The molecule has 214 valence electrons. The van der Waals surface area contributed by atoms with Gasteiger partial charge in [-0.2, -0.15) is 0 Å². The lowest BCUT2D eigenvalue weighted by Gasteiger charge is -2.45. The van der Waals surface area contributed by atoms with Crippen LogP contribution in [0.4, 0.5) is 0 Å². The Morgan fingerprint density at radius 2 is 1.69 bits per heavy atom. The molecule has 7 nitrogen and oxygen atoms in total. The van der Waals surface area contributed by atoms with Crippen molar-refractivity contribution in [2.24, 2.45) is 22.7 Å². The number of ether oxygens (including phenoxy) is 2. The second-order valence-corrected chi connectivity index (χ2v) is 13.4. The summed E-state index contributed by atoms with van der Waals surface area (Å²) < 4.78 is 11.9. The quantitative estimate of drug-likeness (QED) is 0.0759. The monoisotopic (exact) mass is 604 g/mol. The Morgan fingerprint density at radius 1 is 1.05 bits per heavy atom. The predicted molar refractivity (Wildman–Crippen MR) is 153 cm³/mol. The van der Waals surface area contributed by atoms with E-state index in [1.54, 1.807) is 27.7 Å². The summed E-state index contributed by atoms with van der Waals surface area (Å²) in [4.78, 5) is 53.4. The van der Waals surface area contributed by atoms with E-state index < -0.39 is 22.7 Å². The first-order valence-corrected chi connectivity index (χ1v) is 14.9. The summed E-state index contributed by atoms with van der Waals surface area (Å²) in [6, 6.07) is 1.47. The molecule has 1 unspecified atom stereocenters. The van der Waals surface area contributed by atoms with Crippen molar-refractivity contribution in [3.8, 4) is 17.2 Å². The zero-order valence-electron chi connectivity index (χ0n) is 24.3. The van der Waals surface area contributed by atoms with Gasteiger partial charge in [-0.1, -0.05) is 43.6 Å². The number of ketones is 3. The fraction of sp³-hybridized carbons (Fsp3) is 0.613. The topological polar surface area (TPSA) is 107 Å². The second kappa shape index (κ2) is 11.6. The fourth-order valence-corrected chi connectivity index (χ4v) is 6.04. The lowest BCUT2D eigenvalue weighted by Crippen LogP contribution is -2.51. The number of benzene rings is 1. The summed E-state index contributed by atoms with van der Waals surface area (Å²) in [5, 5.41) is 12.5. The van der Waals surface area contributed by atoms with Gasteiger partial charge in [0.05, 0.1) is 10.8 Å². The maximum atomic E-state index is 13.8. The van der Waals surface area contributed by atoms with Crippen LogP contribution in [0.15, 0.2) is 17.4 Å². The predicted octanol–water partition coefficient (Wildman–Crippen LogP) is 7.07. The molecule has 1 heterocycles. The van der Waals surface area contributed by atoms with Gasteiger partial charge < -0.3 is 14.6 Å². The van der Waals surface area contributed by atoms with E-state index in [1.807, 2.05) is 27.7 Å². The molecule has 1 N–H and O–H groups in total. The van der Waals surface area contributed by atoms with Gasteiger partial charge in [0.2, 0.25) is 0 Å². The van der Waals surface area contributed by atoms with Crippen LogP contribution in [0.2, 0.25) is 0 Å². The van der Waals surface area contributed by atoms with E-state index in [4.69, 9.17) is 9.47 Å². The van der Waals surface area contributed by atoms with Crippen LogP contribution >= 0.6 is 15.9 Å². The molecule has 3 rings (SSSR count). The van der Waals surface area contributed by atoms with Gasteiger partial charge in [-0.3, -0.25) is 19.2 Å². The number of phenolic OH excluding ortho intramolecular Hbond substituents is 1. The highest BCUT2D eigenvalue weighted by molar-refractivity contribution is 9.09. The standard InChI is InChI=1S/C31H41BrO7/c1-16(2)13-18-23-20(39-28-24(18)27(36)30(5,6)29(37)31(28,7)8)15-21(38-22(34)11-9-10-12-32)25(26(23)35)19(33)14-17(3)4/h15-18,35H,9-14H2,1-8H3. The number of hydrogen-bond donors (Lipinski definition) is 1. The number of phenols is 1. The van der Waals surface area contributed by atoms with Gasteiger partial charge in [0, 0.05) is 41.3 Å². The first-order valence-electron chi connectivity index (χ1n) is 13.8. The average molecular weight is 606 g/mol. The van der Waals surface area contributed by atoms with Crippen LogP contribution in [0.5, 0.6) is 17.2 Å². The molecule has 1 aromatic carbocycles. The third kappa shape index (κ3) is 5.86. The maximum absolute atomic E-state index is 13.8. The molecule has 39 heavy (non-hydrogen) atoms. The Hall–Kier alpha value is -2.48. The minimum absolute atomic E-state index is 0.0000296. The number of aromatic hydroxyl groups is 1. The Kier molecular flexibility index (Phi) is 9.20. The van der Waals surface area contributed by atoms with Gasteiger partial charge in [0.15, 0.2) is 17.3 Å². The normalized spacial score (nSPS) is 19.6. The zero-order chi connectivity index (χ0) is 29.4. The van der Waals surface area contributed by atoms with E-state index in [0.29, 0.717) is 24.0 Å². The summed E-state index contributed by atoms with van der Waals surface area (Å²) in [5.41, 5.74) is -1.76. The van der Waals surface area contributed by atoms with Crippen LogP contribution in [-0.2, 0) is 14.4 Å². The van der Waals surface area contributed by atoms with Gasteiger partial charge in [0.25, 0.3) is 0 Å². The number of rotatable bonds is 10. The van der Waals surface area contributed by atoms with Crippen molar-refractivity contribution in [1.82, 2.24) is 0 Å². The van der Waals surface area contributed by atoms with Crippen molar-refractivity contribution in [2.45, 2.75) is 93.4 Å². The molecular formula is C31H41BrO7. The van der Waals surface area contributed by atoms with E-state index in [1.165, 1.54) is 6.07 Å². The minimum Gasteiger partial charge on any atom is -0.507 e. The highest BCUT2D eigenvalue weighted by atomic mass is 79.9. The number of hydrogen-bond acceptors (Lipinski definition) is 7. The van der Waals surface area contributed by atoms with E-state index in [2.05, 4.69) is 15.9 Å². The molecule has 0 saturated carbocycles. The Morgan fingerprint density at radius 3 is 2.26 bits per heavy atom. The van der Waals surface area contributed by atoms with Crippen LogP contribution in [0.1, 0.15) is 109 Å². The Balaban J connectivity index is 2.28. The molecule has 0 bridgehead atoms. The number of allylic oxidation sites excluding steroid dienone is 2. The van der Waals surface area contributed by atoms with Crippen LogP contribution in [0.25, 0.3) is 0 Å². The van der Waals surface area contributed by atoms with Crippen LogP contribution in [-0.4, -0.2) is 33.8 Å². The largest absolute Gasteiger partial charge is 0.507 e. The third-order valence-corrected chi connectivity index (χ3v) is 8.06. The Bertz CT molecular complexity index is 1220. The highest BCUT2D eigenvalue weighted by Gasteiger charge is 2.57. The fourth-order valence-electron chi connectivity index (χ4n) is 5.64. The van der Waals surface area contributed by atoms with Crippen molar-refractivity contribution in [1.29, 1.82) is 0 Å². The molecule has 0 fully saturated rings. The van der Waals surface area contributed by atoms with E-state index in [-0.39, 0.29) is 70.6 Å². The van der Waals surface area contributed by atoms with Crippen molar-refractivity contribution in [3.05, 3.63) is 28.5 Å². The molecule has 1 aromatic rings. The molecule has 0 aromatic heterocycles. The SMILES string of the molecule is CC(C)CC(=O)c1c(OC(=O)CCCCBr)cc2c(c1O)C(CC(C)C)C1=C(O2)C(C)(C)C(=O)C(C)(C)C1=O. The number of carbonyl (C=O) groups excluding carboxylic acids is 4. The zero-order valence-corrected chi connectivity index (χ0v) is 25.9. The summed E-state index contributed by atoms with van der Waals surface area (Å²) in [6.07, 6.45) is 2.16. The number of alkyl halides is 1. The van der Waals surface area contributed by atoms with E-state index in [0.717, 1.165) is 11.8 Å². The number of fused-ring (bicyclic) bond motifs is 1. The summed E-state index contributed by atoms with van der Waals surface area (Å²) in [6.45, 7) is 14.5. The summed E-state index contributed by atoms with van der Waals surface area (Å²) in [5.74, 6) is -1.91. The number of carbonyl (C=O) groups is 4. The van der Waals surface area contributed by atoms with Crippen molar-refractivity contribution < 1.29 is 33.8 Å². The Labute approximate surface area is 239 Å². The van der Waals surface area contributed by atoms with Gasteiger partial charge >= 0.3 is 5.97 Å². The van der Waals surface area contributed by atoms with Gasteiger partial charge in [-0.05, 0) is 58.8 Å². The lowest BCUT2D eigenvalue weighted by atomic mass is 9.59. The van der Waals surface area contributed by atoms with E-state index >= 15 is 0 Å². The summed E-state index contributed by atoms with van der Waals surface area (Å²) in [7, 11) is 0. The number of unbranched alkanes of at least 4 members (excludes halogenated alkanes) is 1. The van der Waals surface area contributed by atoms with E-state index in [9.17, 15) is 24.3 Å². The molecule has 8 heteroatoms. The summed E-state index contributed by atoms with van der Waals surface area (Å²) >= 11 is 3.35.